The molecule has 0 saturated carbocycles. The number of aliphatic hydroxyl groups is 1. The molecule has 0 spiro atoms. The summed E-state index contributed by atoms with van der Waals surface area (Å²) in [7, 11) is 0. The average Bonchev–Trinajstić information content (AvgIpc) is 2.25. The van der Waals surface area contributed by atoms with Gasteiger partial charge in [0.15, 0.2) is 0 Å². The van der Waals surface area contributed by atoms with Crippen molar-refractivity contribution in [1.29, 1.82) is 0 Å². The summed E-state index contributed by atoms with van der Waals surface area (Å²) in [6, 6.07) is 0. The van der Waals surface area contributed by atoms with Crippen molar-refractivity contribution in [2.45, 2.75) is 32.3 Å². The van der Waals surface area contributed by atoms with Crippen LogP contribution in [0.15, 0.2) is 0 Å². The summed E-state index contributed by atoms with van der Waals surface area (Å²) >= 11 is 0. The van der Waals surface area contributed by atoms with Crippen LogP contribution in [0.2, 0.25) is 0 Å². The summed E-state index contributed by atoms with van der Waals surface area (Å²) in [4.78, 5) is 2.46. The zero-order valence-corrected chi connectivity index (χ0v) is 9.78. The average molecular weight is 212 g/mol. The molecule has 2 saturated heterocycles. The monoisotopic (exact) mass is 212 g/mol. The lowest BCUT2D eigenvalue weighted by Gasteiger charge is -2.37. The summed E-state index contributed by atoms with van der Waals surface area (Å²) in [5.41, 5.74) is 0. The second-order valence-electron chi connectivity index (χ2n) is 5.29. The molecule has 2 unspecified atom stereocenters. The summed E-state index contributed by atoms with van der Waals surface area (Å²) in [5.74, 6) is 1.35. The number of nitrogens with one attached hydrogen (secondary N) is 1. The van der Waals surface area contributed by atoms with Gasteiger partial charge in [0, 0.05) is 13.1 Å². The summed E-state index contributed by atoms with van der Waals surface area (Å²) in [6.07, 6.45) is 3.68. The first-order chi connectivity index (χ1) is 7.25. The maximum Gasteiger partial charge on any atom is 0.0693 e. The third kappa shape index (κ3) is 3.16. The number of β-amino-alcohol motifs (C(OH)–C–C–N with tert-alkyl or cyclic N) is 1. The predicted octanol–water partition coefficient (Wildman–Crippen LogP) is 0.689. The zero-order chi connectivity index (χ0) is 10.7. The second kappa shape index (κ2) is 5.28. The molecule has 0 aromatic rings. The predicted molar refractivity (Wildman–Crippen MR) is 61.8 cm³/mol. The Hall–Kier alpha value is -0.120. The molecule has 2 heterocycles. The van der Waals surface area contributed by atoms with Gasteiger partial charge < -0.3 is 15.3 Å². The van der Waals surface area contributed by atoms with Crippen LogP contribution in [0.5, 0.6) is 0 Å². The first kappa shape index (κ1) is 11.4. The number of likely N-dealkylation sites (tertiary alicyclic amines) is 1. The third-order valence-electron chi connectivity index (χ3n) is 3.98. The van der Waals surface area contributed by atoms with E-state index < -0.39 is 0 Å². The Balaban J connectivity index is 1.74. The molecule has 0 aromatic carbocycles. The quantitative estimate of drug-likeness (QED) is 0.707. The molecule has 15 heavy (non-hydrogen) atoms. The van der Waals surface area contributed by atoms with E-state index in [1.807, 2.05) is 0 Å². The van der Waals surface area contributed by atoms with Crippen LogP contribution in [0, 0.1) is 11.8 Å². The summed E-state index contributed by atoms with van der Waals surface area (Å²) in [6.45, 7) is 7.79. The number of nitrogens with zero attached hydrogens (tertiary/aromatic N) is 1. The topological polar surface area (TPSA) is 35.5 Å². The van der Waals surface area contributed by atoms with Crippen LogP contribution >= 0.6 is 0 Å². The van der Waals surface area contributed by atoms with Crippen molar-refractivity contribution >= 4 is 0 Å². The van der Waals surface area contributed by atoms with Crippen LogP contribution in [0.25, 0.3) is 0 Å². The molecule has 3 nitrogen and oxygen atoms in total. The van der Waals surface area contributed by atoms with Crippen LogP contribution in [-0.4, -0.2) is 48.8 Å². The Labute approximate surface area is 92.8 Å². The minimum absolute atomic E-state index is 0.0968. The van der Waals surface area contributed by atoms with E-state index in [1.54, 1.807) is 0 Å². The highest BCUT2D eigenvalue weighted by Crippen LogP contribution is 2.20. The standard InChI is InChI=1S/C12H24N2O/c1-10-4-7-14(9-12(10)15)8-11-2-5-13-6-3-11/h10-13,15H,2-9H2,1H3. The Morgan fingerprint density at radius 2 is 2.00 bits per heavy atom. The molecule has 3 heteroatoms. The molecule has 0 aliphatic carbocycles. The van der Waals surface area contributed by atoms with Gasteiger partial charge in [-0.1, -0.05) is 6.92 Å². The molecule has 0 bridgehead atoms. The summed E-state index contributed by atoms with van der Waals surface area (Å²) in [5, 5.41) is 13.2. The molecular weight excluding hydrogens is 188 g/mol. The van der Waals surface area contributed by atoms with E-state index in [1.165, 1.54) is 39.0 Å². The molecule has 2 atom stereocenters. The highest BCUT2D eigenvalue weighted by atomic mass is 16.3. The number of aliphatic hydroxyl groups excluding tert-OH is 1. The Kier molecular flexibility index (Phi) is 4.00. The van der Waals surface area contributed by atoms with Gasteiger partial charge in [-0.15, -0.1) is 0 Å². The van der Waals surface area contributed by atoms with Crippen LogP contribution in [-0.2, 0) is 0 Å². The Morgan fingerprint density at radius 3 is 2.67 bits per heavy atom. The van der Waals surface area contributed by atoms with Gasteiger partial charge in [-0.2, -0.15) is 0 Å². The summed E-state index contributed by atoms with van der Waals surface area (Å²) < 4.78 is 0. The molecule has 2 fully saturated rings. The van der Waals surface area contributed by atoms with Crippen molar-refractivity contribution in [3.05, 3.63) is 0 Å². The maximum atomic E-state index is 9.82. The number of hydrogen-bond donors (Lipinski definition) is 2. The molecule has 2 aliphatic rings. The van der Waals surface area contributed by atoms with Gasteiger partial charge >= 0.3 is 0 Å². The second-order valence-corrected chi connectivity index (χ2v) is 5.29. The van der Waals surface area contributed by atoms with Crippen molar-refractivity contribution in [2.24, 2.45) is 11.8 Å². The smallest absolute Gasteiger partial charge is 0.0693 e. The molecule has 88 valence electrons. The van der Waals surface area contributed by atoms with Gasteiger partial charge in [-0.25, -0.2) is 0 Å². The molecule has 2 aliphatic heterocycles. The van der Waals surface area contributed by atoms with Gasteiger partial charge in [-0.05, 0) is 50.7 Å². The van der Waals surface area contributed by atoms with Crippen LogP contribution < -0.4 is 5.32 Å². The third-order valence-corrected chi connectivity index (χ3v) is 3.98. The maximum absolute atomic E-state index is 9.82. The fourth-order valence-electron chi connectivity index (χ4n) is 2.71. The van der Waals surface area contributed by atoms with Gasteiger partial charge in [0.2, 0.25) is 0 Å². The van der Waals surface area contributed by atoms with E-state index in [0.29, 0.717) is 5.92 Å². The van der Waals surface area contributed by atoms with Gasteiger partial charge in [-0.3, -0.25) is 0 Å². The van der Waals surface area contributed by atoms with E-state index in [9.17, 15) is 5.11 Å². The number of hydrogen-bond acceptors (Lipinski definition) is 3. The van der Waals surface area contributed by atoms with Crippen LogP contribution in [0.4, 0.5) is 0 Å². The number of rotatable bonds is 2. The zero-order valence-electron chi connectivity index (χ0n) is 9.78. The Bertz CT molecular complexity index is 192. The number of piperidine rings is 2. The van der Waals surface area contributed by atoms with Gasteiger partial charge in [0.25, 0.3) is 0 Å². The molecule has 2 rings (SSSR count). The van der Waals surface area contributed by atoms with Crippen molar-refractivity contribution in [3.8, 4) is 0 Å². The lowest BCUT2D eigenvalue weighted by Crippen LogP contribution is -2.45. The highest BCUT2D eigenvalue weighted by Gasteiger charge is 2.26. The Morgan fingerprint density at radius 1 is 1.27 bits per heavy atom. The van der Waals surface area contributed by atoms with Crippen LogP contribution in [0.3, 0.4) is 0 Å². The minimum Gasteiger partial charge on any atom is -0.392 e. The molecular formula is C12H24N2O. The van der Waals surface area contributed by atoms with Crippen LogP contribution in [0.1, 0.15) is 26.2 Å². The molecule has 0 aromatic heterocycles. The SMILES string of the molecule is CC1CCN(CC2CCNCC2)CC1O. The molecule has 0 radical (unpaired) electrons. The van der Waals surface area contributed by atoms with Gasteiger partial charge in [0.05, 0.1) is 6.10 Å². The largest absolute Gasteiger partial charge is 0.392 e. The lowest BCUT2D eigenvalue weighted by atomic mass is 9.93. The van der Waals surface area contributed by atoms with E-state index in [2.05, 4.69) is 17.1 Å². The fraction of sp³-hybridized carbons (Fsp3) is 1.00. The van der Waals surface area contributed by atoms with Crippen molar-refractivity contribution in [1.82, 2.24) is 10.2 Å². The molecule has 2 N–H and O–H groups in total. The van der Waals surface area contributed by atoms with E-state index in [0.717, 1.165) is 18.9 Å². The van der Waals surface area contributed by atoms with Crippen molar-refractivity contribution in [2.75, 3.05) is 32.7 Å². The normalized spacial score (nSPS) is 35.6. The van der Waals surface area contributed by atoms with E-state index in [-0.39, 0.29) is 6.10 Å². The lowest BCUT2D eigenvalue weighted by molar-refractivity contribution is 0.0209. The molecule has 0 amide bonds. The van der Waals surface area contributed by atoms with Gasteiger partial charge in [0.1, 0.15) is 0 Å². The first-order valence-electron chi connectivity index (χ1n) is 6.37. The van der Waals surface area contributed by atoms with E-state index in [4.69, 9.17) is 0 Å². The van der Waals surface area contributed by atoms with Crippen molar-refractivity contribution in [3.63, 3.8) is 0 Å². The first-order valence-corrected chi connectivity index (χ1v) is 6.37. The fourth-order valence-corrected chi connectivity index (χ4v) is 2.71. The minimum atomic E-state index is -0.0968. The van der Waals surface area contributed by atoms with E-state index >= 15 is 0 Å². The van der Waals surface area contributed by atoms with Crippen molar-refractivity contribution < 1.29 is 5.11 Å². The highest BCUT2D eigenvalue weighted by molar-refractivity contribution is 4.80.